The van der Waals surface area contributed by atoms with Crippen molar-refractivity contribution in [1.29, 1.82) is 0 Å². The van der Waals surface area contributed by atoms with E-state index in [1.54, 1.807) is 0 Å². The summed E-state index contributed by atoms with van der Waals surface area (Å²) >= 11 is 0. The summed E-state index contributed by atoms with van der Waals surface area (Å²) < 4.78 is 0. The van der Waals surface area contributed by atoms with Crippen LogP contribution in [0.1, 0.15) is 13.3 Å². The van der Waals surface area contributed by atoms with Crippen molar-refractivity contribution in [3.63, 3.8) is 0 Å². The summed E-state index contributed by atoms with van der Waals surface area (Å²) in [6, 6.07) is 0. The van der Waals surface area contributed by atoms with Crippen molar-refractivity contribution in [2.75, 3.05) is 5.75 Å². The molecular formula is C4H8S2. The highest BCUT2D eigenvalue weighted by Gasteiger charge is 2.08. The first-order chi connectivity index (χ1) is 2.89. The second-order valence-corrected chi connectivity index (χ2v) is 4.44. The zero-order valence-corrected chi connectivity index (χ0v) is 5.44. The van der Waals surface area contributed by atoms with Crippen molar-refractivity contribution < 1.29 is 0 Å². The molecule has 0 N–H and O–H groups in total. The molecule has 36 valence electrons. The Labute approximate surface area is 46.5 Å². The van der Waals surface area contributed by atoms with Gasteiger partial charge < -0.3 is 0 Å². The fraction of sp³-hybridized carbons (Fsp3) is 1.00. The van der Waals surface area contributed by atoms with Crippen molar-refractivity contribution in [3.05, 3.63) is 0 Å². The zero-order valence-electron chi connectivity index (χ0n) is 3.81. The molecule has 0 spiro atoms. The molecule has 0 aromatic rings. The highest BCUT2D eigenvalue weighted by molar-refractivity contribution is 8.77. The van der Waals surface area contributed by atoms with Gasteiger partial charge in [-0.3, -0.25) is 0 Å². The predicted octanol–water partition coefficient (Wildman–Crippen LogP) is 2.16. The molecule has 1 aliphatic rings. The van der Waals surface area contributed by atoms with Gasteiger partial charge >= 0.3 is 0 Å². The summed E-state index contributed by atoms with van der Waals surface area (Å²) in [6.07, 6.45) is 1.41. The van der Waals surface area contributed by atoms with Crippen LogP contribution in [0.4, 0.5) is 0 Å². The van der Waals surface area contributed by atoms with Gasteiger partial charge in [0.15, 0.2) is 0 Å². The number of rotatable bonds is 0. The molecule has 0 radical (unpaired) electrons. The van der Waals surface area contributed by atoms with Gasteiger partial charge in [0.25, 0.3) is 0 Å². The first kappa shape index (κ1) is 4.85. The Morgan fingerprint density at radius 2 is 2.50 bits per heavy atom. The molecule has 0 bridgehead atoms. The van der Waals surface area contributed by atoms with Gasteiger partial charge in [0.2, 0.25) is 0 Å². The van der Waals surface area contributed by atoms with Crippen molar-refractivity contribution in [2.45, 2.75) is 18.6 Å². The Morgan fingerprint density at radius 1 is 1.67 bits per heavy atom. The molecule has 0 aromatic carbocycles. The van der Waals surface area contributed by atoms with E-state index in [-0.39, 0.29) is 0 Å². The van der Waals surface area contributed by atoms with E-state index >= 15 is 0 Å². The lowest BCUT2D eigenvalue weighted by molar-refractivity contribution is 0.935. The minimum absolute atomic E-state index is 0.926. The smallest absolute Gasteiger partial charge is 0.0131 e. The molecule has 0 aliphatic carbocycles. The normalized spacial score (nSPS) is 34.5. The molecule has 6 heavy (non-hydrogen) atoms. The van der Waals surface area contributed by atoms with Crippen LogP contribution in [0.5, 0.6) is 0 Å². The van der Waals surface area contributed by atoms with Crippen LogP contribution in [-0.2, 0) is 0 Å². The average Bonchev–Trinajstić information content (AvgIpc) is 1.86. The Kier molecular flexibility index (Phi) is 1.72. The summed E-state index contributed by atoms with van der Waals surface area (Å²) in [5, 5.41) is 0.926. The van der Waals surface area contributed by atoms with E-state index in [2.05, 4.69) is 6.92 Å². The van der Waals surface area contributed by atoms with Crippen LogP contribution in [-0.4, -0.2) is 11.0 Å². The van der Waals surface area contributed by atoms with Gasteiger partial charge in [-0.05, 0) is 6.42 Å². The van der Waals surface area contributed by atoms with Crippen molar-refractivity contribution in [2.24, 2.45) is 0 Å². The van der Waals surface area contributed by atoms with Crippen LogP contribution in [0.2, 0.25) is 0 Å². The molecule has 1 aliphatic heterocycles. The maximum Gasteiger partial charge on any atom is 0.0131 e. The van der Waals surface area contributed by atoms with Gasteiger partial charge in [0.05, 0.1) is 0 Å². The van der Waals surface area contributed by atoms with Crippen molar-refractivity contribution in [1.82, 2.24) is 0 Å². The summed E-state index contributed by atoms with van der Waals surface area (Å²) in [5.41, 5.74) is 0. The fourth-order valence-corrected chi connectivity index (χ4v) is 3.13. The van der Waals surface area contributed by atoms with E-state index in [4.69, 9.17) is 0 Å². The maximum absolute atomic E-state index is 2.28. The van der Waals surface area contributed by atoms with Crippen LogP contribution in [0.15, 0.2) is 0 Å². The Morgan fingerprint density at radius 3 is 2.67 bits per heavy atom. The van der Waals surface area contributed by atoms with E-state index < -0.39 is 0 Å². The third kappa shape index (κ3) is 1.09. The topological polar surface area (TPSA) is 0 Å². The zero-order chi connectivity index (χ0) is 4.41. The van der Waals surface area contributed by atoms with Gasteiger partial charge in [-0.1, -0.05) is 28.5 Å². The summed E-state index contributed by atoms with van der Waals surface area (Å²) in [6.45, 7) is 2.28. The molecule has 1 saturated heterocycles. The molecule has 0 amide bonds. The highest BCUT2D eigenvalue weighted by Crippen LogP contribution is 2.36. The lowest BCUT2D eigenvalue weighted by Gasteiger charge is -1.89. The molecular weight excluding hydrogens is 112 g/mol. The minimum Gasteiger partial charge on any atom is -0.0938 e. The maximum atomic E-state index is 2.28. The van der Waals surface area contributed by atoms with E-state index in [1.807, 2.05) is 21.6 Å². The number of hydrogen-bond acceptors (Lipinski definition) is 2. The average molecular weight is 120 g/mol. The Hall–Kier alpha value is 0.700. The fourth-order valence-electron chi connectivity index (χ4n) is 0.426. The SMILES string of the molecule is C[C@H]1CCSS1. The summed E-state index contributed by atoms with van der Waals surface area (Å²) in [7, 11) is 4.01. The van der Waals surface area contributed by atoms with Gasteiger partial charge in [-0.15, -0.1) is 0 Å². The first-order valence-electron chi connectivity index (χ1n) is 2.18. The molecule has 1 fully saturated rings. The van der Waals surface area contributed by atoms with Crippen LogP contribution >= 0.6 is 21.6 Å². The Balaban J connectivity index is 2.18. The molecule has 0 nitrogen and oxygen atoms in total. The number of hydrogen-bond donors (Lipinski definition) is 0. The molecule has 0 saturated carbocycles. The van der Waals surface area contributed by atoms with Gasteiger partial charge in [-0.25, -0.2) is 0 Å². The van der Waals surface area contributed by atoms with Crippen LogP contribution in [0, 0.1) is 0 Å². The molecule has 1 heterocycles. The van der Waals surface area contributed by atoms with Gasteiger partial charge in [0.1, 0.15) is 0 Å². The van der Waals surface area contributed by atoms with Crippen molar-refractivity contribution in [3.8, 4) is 0 Å². The Bertz CT molecular complexity index is 38.8. The quantitative estimate of drug-likeness (QED) is 0.449. The summed E-state index contributed by atoms with van der Waals surface area (Å²) in [4.78, 5) is 0. The molecule has 1 atom stereocenters. The second kappa shape index (κ2) is 2.12. The van der Waals surface area contributed by atoms with Crippen LogP contribution in [0.3, 0.4) is 0 Å². The molecule has 0 aromatic heterocycles. The molecule has 0 unspecified atom stereocenters. The lowest BCUT2D eigenvalue weighted by atomic mass is 10.4. The molecule has 1 rings (SSSR count). The van der Waals surface area contributed by atoms with E-state index in [0.29, 0.717) is 0 Å². The van der Waals surface area contributed by atoms with Crippen molar-refractivity contribution >= 4 is 21.6 Å². The summed E-state index contributed by atoms with van der Waals surface area (Å²) in [5.74, 6) is 1.37. The molecule has 2 heteroatoms. The predicted molar refractivity (Wildman–Crippen MR) is 34.1 cm³/mol. The minimum atomic E-state index is 0.926. The van der Waals surface area contributed by atoms with Gasteiger partial charge in [-0.2, -0.15) is 0 Å². The largest absolute Gasteiger partial charge is 0.0938 e. The lowest BCUT2D eigenvalue weighted by Crippen LogP contribution is -1.84. The van der Waals surface area contributed by atoms with Crippen LogP contribution in [0.25, 0.3) is 0 Å². The first-order valence-corrected chi connectivity index (χ1v) is 4.56. The van der Waals surface area contributed by atoms with Crippen LogP contribution < -0.4 is 0 Å². The van der Waals surface area contributed by atoms with E-state index in [0.717, 1.165) is 5.25 Å². The second-order valence-electron chi connectivity index (χ2n) is 1.52. The monoisotopic (exact) mass is 120 g/mol. The highest BCUT2D eigenvalue weighted by atomic mass is 33.1. The third-order valence-electron chi connectivity index (χ3n) is 0.840. The van der Waals surface area contributed by atoms with E-state index in [9.17, 15) is 0 Å². The van der Waals surface area contributed by atoms with E-state index in [1.165, 1.54) is 12.2 Å². The van der Waals surface area contributed by atoms with Gasteiger partial charge in [0, 0.05) is 11.0 Å². The standard InChI is InChI=1S/C4H8S2/c1-4-2-3-5-6-4/h4H,2-3H2,1H3/t4-/m0/s1. The third-order valence-corrected chi connectivity index (χ3v) is 3.84.